The quantitative estimate of drug-likeness (QED) is 0.583. The minimum atomic E-state index is -1.08. The summed E-state index contributed by atoms with van der Waals surface area (Å²) in [5.41, 5.74) is -0.0336. The van der Waals surface area contributed by atoms with Gasteiger partial charge in [-0.1, -0.05) is 41.9 Å². The zero-order valence-corrected chi connectivity index (χ0v) is 14.5. The normalized spacial score (nSPS) is 13.1. The third-order valence-corrected chi connectivity index (χ3v) is 4.15. The average Bonchev–Trinajstić information content (AvgIpc) is 2.59. The first-order chi connectivity index (χ1) is 11.8. The molecule has 2 N–H and O–H groups in total. The molecule has 0 saturated carbocycles. The van der Waals surface area contributed by atoms with Crippen molar-refractivity contribution in [1.29, 1.82) is 0 Å². The summed E-state index contributed by atoms with van der Waals surface area (Å²) in [5.74, 6) is -0.486. The minimum absolute atomic E-state index is 0.00405. The van der Waals surface area contributed by atoms with Crippen LogP contribution in [0.1, 0.15) is 29.3 Å². The maximum atomic E-state index is 12.2. The fourth-order valence-electron chi connectivity index (χ4n) is 2.31. The highest BCUT2D eigenvalue weighted by Crippen LogP contribution is 2.22. The number of rotatable bonds is 7. The Morgan fingerprint density at radius 2 is 1.96 bits per heavy atom. The predicted molar refractivity (Wildman–Crippen MR) is 95.8 cm³/mol. The van der Waals surface area contributed by atoms with Crippen LogP contribution in [0.2, 0.25) is 5.02 Å². The Morgan fingerprint density at radius 1 is 1.28 bits per heavy atom. The zero-order valence-electron chi connectivity index (χ0n) is 13.7. The number of carbonyl (C=O) groups is 1. The van der Waals surface area contributed by atoms with Crippen molar-refractivity contribution in [2.45, 2.75) is 25.4 Å². The van der Waals surface area contributed by atoms with Gasteiger partial charge in [-0.3, -0.25) is 14.9 Å². The van der Waals surface area contributed by atoms with Gasteiger partial charge in [-0.2, -0.15) is 0 Å². The van der Waals surface area contributed by atoms with Crippen molar-refractivity contribution in [1.82, 2.24) is 5.32 Å². The Bertz CT molecular complexity index is 763. The highest BCUT2D eigenvalue weighted by molar-refractivity contribution is 6.34. The topological polar surface area (TPSA) is 92.5 Å². The molecular formula is C18H19ClN2O4. The van der Waals surface area contributed by atoms with Gasteiger partial charge >= 0.3 is 0 Å². The molecule has 0 aliphatic rings. The second kappa shape index (κ2) is 8.09. The molecule has 0 fully saturated rings. The van der Waals surface area contributed by atoms with E-state index in [-0.39, 0.29) is 22.8 Å². The molecule has 0 spiro atoms. The number of aryl methyl sites for hydroxylation is 1. The Labute approximate surface area is 150 Å². The van der Waals surface area contributed by atoms with Crippen LogP contribution in [0.4, 0.5) is 5.69 Å². The highest BCUT2D eigenvalue weighted by atomic mass is 35.5. The van der Waals surface area contributed by atoms with Crippen LogP contribution in [0.3, 0.4) is 0 Å². The molecule has 1 unspecified atom stereocenters. The van der Waals surface area contributed by atoms with Crippen molar-refractivity contribution >= 4 is 23.2 Å². The number of aliphatic hydroxyl groups is 1. The van der Waals surface area contributed by atoms with Gasteiger partial charge in [0.1, 0.15) is 0 Å². The van der Waals surface area contributed by atoms with Crippen LogP contribution < -0.4 is 5.32 Å². The van der Waals surface area contributed by atoms with Crippen molar-refractivity contribution in [3.8, 4) is 0 Å². The number of nitrogens with zero attached hydrogens (tertiary/aromatic N) is 1. The van der Waals surface area contributed by atoms with E-state index in [1.54, 1.807) is 6.92 Å². The lowest BCUT2D eigenvalue weighted by molar-refractivity contribution is -0.384. The van der Waals surface area contributed by atoms with Gasteiger partial charge in [0, 0.05) is 18.7 Å². The summed E-state index contributed by atoms with van der Waals surface area (Å²) >= 11 is 5.93. The lowest BCUT2D eigenvalue weighted by atomic mass is 9.96. The largest absolute Gasteiger partial charge is 0.388 e. The van der Waals surface area contributed by atoms with Gasteiger partial charge in [-0.25, -0.2) is 0 Å². The molecule has 0 aliphatic heterocycles. The first kappa shape index (κ1) is 18.9. The summed E-state index contributed by atoms with van der Waals surface area (Å²) in [5, 5.41) is 23.7. The number of nitro groups is 1. The molecule has 0 saturated heterocycles. The van der Waals surface area contributed by atoms with Crippen molar-refractivity contribution in [3.05, 3.63) is 74.8 Å². The molecule has 0 radical (unpaired) electrons. The standard InChI is InChI=1S/C18H19ClN2O4/c1-18(23,10-9-13-5-3-2-4-6-13)12-20-17(22)15-8-7-14(21(24)25)11-16(15)19/h2-8,11,23H,9-10,12H2,1H3,(H,20,22). The molecule has 0 bridgehead atoms. The number of nitro benzene ring substituents is 1. The minimum Gasteiger partial charge on any atom is -0.388 e. The first-order valence-electron chi connectivity index (χ1n) is 7.77. The molecule has 0 aliphatic carbocycles. The molecule has 1 amide bonds. The second-order valence-electron chi connectivity index (χ2n) is 6.09. The number of halogens is 1. The van der Waals surface area contributed by atoms with E-state index in [0.29, 0.717) is 12.8 Å². The molecule has 0 aromatic heterocycles. The van der Waals surface area contributed by atoms with Gasteiger partial charge < -0.3 is 10.4 Å². The number of hydrogen-bond acceptors (Lipinski definition) is 4. The monoisotopic (exact) mass is 362 g/mol. The van der Waals surface area contributed by atoms with E-state index in [4.69, 9.17) is 11.6 Å². The fraction of sp³-hybridized carbons (Fsp3) is 0.278. The Kier molecular flexibility index (Phi) is 6.12. The van der Waals surface area contributed by atoms with Crippen molar-refractivity contribution in [2.75, 3.05) is 6.54 Å². The van der Waals surface area contributed by atoms with Gasteiger partial charge in [0.25, 0.3) is 11.6 Å². The van der Waals surface area contributed by atoms with Crippen molar-refractivity contribution < 1.29 is 14.8 Å². The van der Waals surface area contributed by atoms with Crippen molar-refractivity contribution in [2.24, 2.45) is 0 Å². The molecule has 2 rings (SSSR count). The third-order valence-electron chi connectivity index (χ3n) is 3.83. The van der Waals surface area contributed by atoms with E-state index in [0.717, 1.165) is 11.6 Å². The van der Waals surface area contributed by atoms with E-state index >= 15 is 0 Å². The molecule has 0 heterocycles. The van der Waals surface area contributed by atoms with Crippen LogP contribution in [0, 0.1) is 10.1 Å². The summed E-state index contributed by atoms with van der Waals surface area (Å²) in [4.78, 5) is 22.3. The number of nitrogens with one attached hydrogen (secondary N) is 1. The van der Waals surface area contributed by atoms with E-state index in [1.807, 2.05) is 30.3 Å². The third kappa shape index (κ3) is 5.55. The van der Waals surface area contributed by atoms with E-state index in [2.05, 4.69) is 5.32 Å². The summed E-state index contributed by atoms with van der Waals surface area (Å²) in [6.07, 6.45) is 1.16. The number of non-ortho nitro benzene ring substituents is 1. The number of hydrogen-bond donors (Lipinski definition) is 2. The lowest BCUT2D eigenvalue weighted by Crippen LogP contribution is -2.41. The smallest absolute Gasteiger partial charge is 0.270 e. The summed E-state index contributed by atoms with van der Waals surface area (Å²) in [6, 6.07) is 13.4. The van der Waals surface area contributed by atoms with Gasteiger partial charge in [-0.05, 0) is 31.4 Å². The SMILES string of the molecule is CC(O)(CCc1ccccc1)CNC(=O)c1ccc([N+](=O)[O-])cc1Cl. The van der Waals surface area contributed by atoms with E-state index < -0.39 is 16.4 Å². The van der Waals surface area contributed by atoms with Gasteiger partial charge in [0.05, 0.1) is 21.1 Å². The van der Waals surface area contributed by atoms with Gasteiger partial charge in [0.2, 0.25) is 0 Å². The summed E-state index contributed by atoms with van der Waals surface area (Å²) in [6.45, 7) is 1.69. The number of benzene rings is 2. The Hall–Kier alpha value is -2.44. The maximum Gasteiger partial charge on any atom is 0.270 e. The molecule has 1 atom stereocenters. The van der Waals surface area contributed by atoms with Crippen LogP contribution in [-0.2, 0) is 6.42 Å². The number of carbonyl (C=O) groups excluding carboxylic acids is 1. The van der Waals surface area contributed by atoms with Crippen LogP contribution in [0.25, 0.3) is 0 Å². The molecule has 2 aromatic carbocycles. The van der Waals surface area contributed by atoms with Crippen molar-refractivity contribution in [3.63, 3.8) is 0 Å². The van der Waals surface area contributed by atoms with Gasteiger partial charge in [-0.15, -0.1) is 0 Å². The highest BCUT2D eigenvalue weighted by Gasteiger charge is 2.22. The van der Waals surface area contributed by atoms with Gasteiger partial charge in [0.15, 0.2) is 0 Å². The molecule has 6 nitrogen and oxygen atoms in total. The molecular weight excluding hydrogens is 344 g/mol. The molecule has 132 valence electrons. The molecule has 7 heteroatoms. The Morgan fingerprint density at radius 3 is 2.56 bits per heavy atom. The van der Waals surface area contributed by atoms with E-state index in [9.17, 15) is 20.0 Å². The molecule has 2 aromatic rings. The summed E-state index contributed by atoms with van der Waals surface area (Å²) < 4.78 is 0. The first-order valence-corrected chi connectivity index (χ1v) is 8.15. The summed E-state index contributed by atoms with van der Waals surface area (Å²) in [7, 11) is 0. The van der Waals surface area contributed by atoms with Crippen LogP contribution in [-0.4, -0.2) is 28.1 Å². The lowest BCUT2D eigenvalue weighted by Gasteiger charge is -2.24. The Balaban J connectivity index is 1.93. The van der Waals surface area contributed by atoms with Crippen LogP contribution in [0.5, 0.6) is 0 Å². The fourth-order valence-corrected chi connectivity index (χ4v) is 2.57. The van der Waals surface area contributed by atoms with Crippen LogP contribution in [0.15, 0.2) is 48.5 Å². The predicted octanol–water partition coefficient (Wildman–Crippen LogP) is 3.36. The maximum absolute atomic E-state index is 12.2. The number of amides is 1. The average molecular weight is 363 g/mol. The molecule has 25 heavy (non-hydrogen) atoms. The zero-order chi connectivity index (χ0) is 18.4. The van der Waals surface area contributed by atoms with E-state index in [1.165, 1.54) is 12.1 Å². The van der Waals surface area contributed by atoms with Crippen LogP contribution >= 0.6 is 11.6 Å². The second-order valence-corrected chi connectivity index (χ2v) is 6.49.